The molecule has 6 nitrogen and oxygen atoms in total. The van der Waals surface area contributed by atoms with Crippen LogP contribution in [0.25, 0.3) is 0 Å². The lowest BCUT2D eigenvalue weighted by molar-refractivity contribution is -0.142. The van der Waals surface area contributed by atoms with Crippen LogP contribution in [0, 0.1) is 17.2 Å². The Bertz CT molecular complexity index is 827. The van der Waals surface area contributed by atoms with E-state index in [4.69, 9.17) is 10.00 Å². The van der Waals surface area contributed by atoms with E-state index in [0.29, 0.717) is 17.9 Å². The van der Waals surface area contributed by atoms with E-state index in [1.807, 2.05) is 36.4 Å². The van der Waals surface area contributed by atoms with E-state index in [9.17, 15) is 14.7 Å². The van der Waals surface area contributed by atoms with Crippen LogP contribution < -0.4 is 4.74 Å². The van der Waals surface area contributed by atoms with Crippen molar-refractivity contribution < 1.29 is 19.4 Å². The summed E-state index contributed by atoms with van der Waals surface area (Å²) in [6, 6.07) is 17.9. The number of amides is 1. The Labute approximate surface area is 151 Å². The fourth-order valence-corrected chi connectivity index (χ4v) is 3.16. The van der Waals surface area contributed by atoms with Gasteiger partial charge in [-0.2, -0.15) is 5.26 Å². The zero-order chi connectivity index (χ0) is 18.5. The molecule has 0 bridgehead atoms. The Morgan fingerprint density at radius 3 is 2.42 bits per heavy atom. The predicted octanol–water partition coefficient (Wildman–Crippen LogP) is 2.26. The minimum absolute atomic E-state index is 0.167. The Kier molecular flexibility index (Phi) is 5.18. The van der Waals surface area contributed by atoms with Gasteiger partial charge in [0, 0.05) is 19.0 Å². The first-order valence-corrected chi connectivity index (χ1v) is 8.27. The van der Waals surface area contributed by atoms with Crippen LogP contribution in [0.5, 0.6) is 5.75 Å². The topological polar surface area (TPSA) is 90.6 Å². The third kappa shape index (κ3) is 3.83. The number of hydrogen-bond donors (Lipinski definition) is 1. The second kappa shape index (κ2) is 7.70. The van der Waals surface area contributed by atoms with E-state index in [0.717, 1.165) is 5.56 Å². The molecule has 26 heavy (non-hydrogen) atoms. The third-order valence-corrected chi connectivity index (χ3v) is 4.56. The lowest BCUT2D eigenvalue weighted by Gasteiger charge is -2.17. The highest BCUT2D eigenvalue weighted by Crippen LogP contribution is 2.33. The van der Waals surface area contributed by atoms with Gasteiger partial charge in [0.05, 0.1) is 17.6 Å². The van der Waals surface area contributed by atoms with Gasteiger partial charge in [-0.3, -0.25) is 9.59 Å². The number of hydrogen-bond acceptors (Lipinski definition) is 4. The number of carboxylic acids is 1. The lowest BCUT2D eigenvalue weighted by atomic mass is 9.89. The minimum atomic E-state index is -0.901. The highest BCUT2D eigenvalue weighted by molar-refractivity contribution is 5.80. The van der Waals surface area contributed by atoms with Crippen molar-refractivity contribution in [1.82, 2.24) is 4.90 Å². The summed E-state index contributed by atoms with van der Waals surface area (Å²) in [5, 5.41) is 18.3. The first-order chi connectivity index (χ1) is 12.6. The van der Waals surface area contributed by atoms with Crippen molar-refractivity contribution >= 4 is 11.9 Å². The SMILES string of the molecule is N#Cc1ccc(OCC(=O)N2C[C@H](c3ccccc3)[C@H](C(=O)O)C2)cc1. The van der Waals surface area contributed by atoms with Gasteiger partial charge < -0.3 is 14.7 Å². The maximum atomic E-state index is 12.4. The van der Waals surface area contributed by atoms with Gasteiger partial charge in [-0.1, -0.05) is 30.3 Å². The highest BCUT2D eigenvalue weighted by atomic mass is 16.5. The molecule has 1 heterocycles. The molecule has 3 rings (SSSR count). The van der Waals surface area contributed by atoms with Crippen LogP contribution >= 0.6 is 0 Å². The van der Waals surface area contributed by atoms with Crippen LogP contribution in [-0.4, -0.2) is 41.6 Å². The van der Waals surface area contributed by atoms with Gasteiger partial charge in [-0.05, 0) is 29.8 Å². The summed E-state index contributed by atoms with van der Waals surface area (Å²) in [5.74, 6) is -1.52. The summed E-state index contributed by atoms with van der Waals surface area (Å²) >= 11 is 0. The van der Waals surface area contributed by atoms with Crippen molar-refractivity contribution in [3.63, 3.8) is 0 Å². The Morgan fingerprint density at radius 2 is 1.81 bits per heavy atom. The quantitative estimate of drug-likeness (QED) is 0.893. The van der Waals surface area contributed by atoms with Gasteiger partial charge in [0.15, 0.2) is 6.61 Å². The van der Waals surface area contributed by atoms with Gasteiger partial charge in [0.2, 0.25) is 0 Å². The van der Waals surface area contributed by atoms with Crippen LogP contribution in [-0.2, 0) is 9.59 Å². The summed E-state index contributed by atoms with van der Waals surface area (Å²) in [4.78, 5) is 25.6. The Balaban J connectivity index is 1.64. The molecule has 6 heteroatoms. The zero-order valence-corrected chi connectivity index (χ0v) is 14.0. The van der Waals surface area contributed by atoms with Crippen molar-refractivity contribution in [3.05, 3.63) is 65.7 Å². The first kappa shape index (κ1) is 17.5. The minimum Gasteiger partial charge on any atom is -0.484 e. The van der Waals surface area contributed by atoms with Gasteiger partial charge in [0.25, 0.3) is 5.91 Å². The molecule has 1 saturated heterocycles. The summed E-state index contributed by atoms with van der Waals surface area (Å²) in [6.45, 7) is 0.362. The van der Waals surface area contributed by atoms with E-state index < -0.39 is 11.9 Å². The second-order valence-corrected chi connectivity index (χ2v) is 6.19. The zero-order valence-electron chi connectivity index (χ0n) is 14.0. The third-order valence-electron chi connectivity index (χ3n) is 4.56. The van der Waals surface area contributed by atoms with Gasteiger partial charge in [-0.25, -0.2) is 0 Å². The average molecular weight is 350 g/mol. The molecule has 1 aliphatic heterocycles. The van der Waals surface area contributed by atoms with Crippen LogP contribution in [0.2, 0.25) is 0 Å². The van der Waals surface area contributed by atoms with Crippen LogP contribution in [0.3, 0.4) is 0 Å². The Morgan fingerprint density at radius 1 is 1.12 bits per heavy atom. The van der Waals surface area contributed by atoms with Gasteiger partial charge in [-0.15, -0.1) is 0 Å². The summed E-state index contributed by atoms with van der Waals surface area (Å²) in [6.07, 6.45) is 0. The molecule has 1 N–H and O–H groups in total. The predicted molar refractivity (Wildman–Crippen MR) is 93.5 cm³/mol. The molecule has 132 valence electrons. The van der Waals surface area contributed by atoms with Crippen LogP contribution in [0.1, 0.15) is 17.0 Å². The number of benzene rings is 2. The molecule has 2 aromatic rings. The van der Waals surface area contributed by atoms with E-state index in [1.165, 1.54) is 0 Å². The smallest absolute Gasteiger partial charge is 0.308 e. The highest BCUT2D eigenvalue weighted by Gasteiger charge is 2.40. The van der Waals surface area contributed by atoms with Gasteiger partial charge >= 0.3 is 5.97 Å². The molecule has 0 aliphatic carbocycles. The fourth-order valence-electron chi connectivity index (χ4n) is 3.16. The van der Waals surface area contributed by atoms with Gasteiger partial charge in [0.1, 0.15) is 5.75 Å². The first-order valence-electron chi connectivity index (χ1n) is 8.27. The number of carbonyl (C=O) groups excluding carboxylic acids is 1. The number of likely N-dealkylation sites (tertiary alicyclic amines) is 1. The molecule has 0 radical (unpaired) electrons. The number of aliphatic carboxylic acids is 1. The van der Waals surface area contributed by atoms with Crippen molar-refractivity contribution in [2.24, 2.45) is 5.92 Å². The molecule has 1 amide bonds. The summed E-state index contributed by atoms with van der Waals surface area (Å²) in [5.41, 5.74) is 1.43. The normalized spacial score (nSPS) is 19.0. The molecule has 1 aliphatic rings. The monoisotopic (exact) mass is 350 g/mol. The average Bonchev–Trinajstić information content (AvgIpc) is 3.13. The van der Waals surface area contributed by atoms with Crippen LogP contribution in [0.15, 0.2) is 54.6 Å². The van der Waals surface area contributed by atoms with Crippen molar-refractivity contribution in [2.75, 3.05) is 19.7 Å². The van der Waals surface area contributed by atoms with Crippen molar-refractivity contribution in [3.8, 4) is 11.8 Å². The second-order valence-electron chi connectivity index (χ2n) is 6.19. The number of carbonyl (C=O) groups is 2. The number of nitrogens with zero attached hydrogens (tertiary/aromatic N) is 2. The molecular formula is C20H18N2O4. The van der Waals surface area contributed by atoms with Crippen molar-refractivity contribution in [1.29, 1.82) is 5.26 Å². The maximum Gasteiger partial charge on any atom is 0.308 e. The van der Waals surface area contributed by atoms with Crippen molar-refractivity contribution in [2.45, 2.75) is 5.92 Å². The summed E-state index contributed by atoms with van der Waals surface area (Å²) < 4.78 is 5.47. The van der Waals surface area contributed by atoms with E-state index >= 15 is 0 Å². The number of carboxylic acid groups (broad SMARTS) is 1. The lowest BCUT2D eigenvalue weighted by Crippen LogP contribution is -2.33. The van der Waals surface area contributed by atoms with Crippen LogP contribution in [0.4, 0.5) is 0 Å². The molecule has 2 aromatic carbocycles. The number of rotatable bonds is 5. The van der Waals surface area contributed by atoms with E-state index in [2.05, 4.69) is 0 Å². The van der Waals surface area contributed by atoms with E-state index in [1.54, 1.807) is 29.2 Å². The molecule has 1 fully saturated rings. The molecule has 0 unspecified atom stereocenters. The number of nitriles is 1. The fraction of sp³-hybridized carbons (Fsp3) is 0.250. The summed E-state index contributed by atoms with van der Waals surface area (Å²) in [7, 11) is 0. The molecule has 0 spiro atoms. The molecule has 2 atom stereocenters. The standard InChI is InChI=1S/C20H18N2O4/c21-10-14-6-8-16(9-7-14)26-13-19(23)22-11-17(18(12-22)20(24)25)15-4-2-1-3-5-15/h1-9,17-18H,11-13H2,(H,24,25)/t17-,18-/m1/s1. The Hall–Kier alpha value is -3.33. The molecular weight excluding hydrogens is 332 g/mol. The molecule has 0 aromatic heterocycles. The number of ether oxygens (including phenoxy) is 1. The van der Waals surface area contributed by atoms with E-state index in [-0.39, 0.29) is 25.0 Å². The molecule has 0 saturated carbocycles. The largest absolute Gasteiger partial charge is 0.484 e. The maximum absolute atomic E-state index is 12.4.